The molecule has 104 valence electrons. The number of aliphatic hydroxyl groups is 1. The van der Waals surface area contributed by atoms with Crippen molar-refractivity contribution < 1.29 is 5.11 Å². The average Bonchev–Trinajstić information content (AvgIpc) is 3.00. The third-order valence-electron chi connectivity index (χ3n) is 3.36. The largest absolute Gasteiger partial charge is 0.387 e. The Hall–Kier alpha value is -0.910. The Morgan fingerprint density at radius 1 is 1.20 bits per heavy atom. The second kappa shape index (κ2) is 5.84. The van der Waals surface area contributed by atoms with E-state index in [1.54, 1.807) is 22.7 Å². The summed E-state index contributed by atoms with van der Waals surface area (Å²) in [4.78, 5) is 0.960. The van der Waals surface area contributed by atoms with Gasteiger partial charge >= 0.3 is 0 Å². The molecule has 0 aliphatic rings. The number of fused-ring (bicyclic) bond motifs is 1. The molecule has 0 aliphatic heterocycles. The van der Waals surface area contributed by atoms with Crippen LogP contribution >= 0.6 is 34.3 Å². The molecule has 0 saturated carbocycles. The van der Waals surface area contributed by atoms with E-state index in [0.29, 0.717) is 11.6 Å². The maximum Gasteiger partial charge on any atom is 0.0963 e. The van der Waals surface area contributed by atoms with Gasteiger partial charge < -0.3 is 10.8 Å². The zero-order valence-corrected chi connectivity index (χ0v) is 13.0. The number of benzene rings is 1. The number of hydrogen-bond donors (Lipinski definition) is 2. The summed E-state index contributed by atoms with van der Waals surface area (Å²) in [5.41, 5.74) is 6.84. The van der Waals surface area contributed by atoms with Crippen molar-refractivity contribution in [1.29, 1.82) is 0 Å². The summed E-state index contributed by atoms with van der Waals surface area (Å²) >= 11 is 9.34. The fourth-order valence-electron chi connectivity index (χ4n) is 2.31. The fraction of sp³-hybridized carbons (Fsp3) is 0.200. The average molecular weight is 324 g/mol. The SMILES string of the molecule is NCC(c1cccc(Cl)c1)C(O)c1cc2sccc2s1. The van der Waals surface area contributed by atoms with Crippen molar-refractivity contribution in [1.82, 2.24) is 0 Å². The smallest absolute Gasteiger partial charge is 0.0963 e. The van der Waals surface area contributed by atoms with Crippen LogP contribution in [0, 0.1) is 0 Å². The number of aliphatic hydroxyl groups excluding tert-OH is 1. The highest BCUT2D eigenvalue weighted by atomic mass is 35.5. The van der Waals surface area contributed by atoms with Gasteiger partial charge in [-0.25, -0.2) is 0 Å². The van der Waals surface area contributed by atoms with Crippen molar-refractivity contribution in [2.24, 2.45) is 5.73 Å². The Morgan fingerprint density at radius 3 is 2.75 bits per heavy atom. The lowest BCUT2D eigenvalue weighted by atomic mass is 9.92. The molecule has 3 aromatic rings. The minimum Gasteiger partial charge on any atom is -0.387 e. The molecule has 2 nitrogen and oxygen atoms in total. The first-order valence-electron chi connectivity index (χ1n) is 6.29. The molecule has 0 saturated heterocycles. The fourth-order valence-corrected chi connectivity index (χ4v) is 4.68. The topological polar surface area (TPSA) is 46.2 Å². The quantitative estimate of drug-likeness (QED) is 0.748. The lowest BCUT2D eigenvalue weighted by Crippen LogP contribution is -2.19. The van der Waals surface area contributed by atoms with Crippen molar-refractivity contribution in [3.63, 3.8) is 0 Å². The van der Waals surface area contributed by atoms with E-state index in [2.05, 4.69) is 17.5 Å². The Kier molecular flexibility index (Phi) is 4.10. The first-order chi connectivity index (χ1) is 9.69. The van der Waals surface area contributed by atoms with Crippen LogP contribution in [0.15, 0.2) is 41.8 Å². The molecular formula is C15H14ClNOS2. The first kappa shape index (κ1) is 14.0. The highest BCUT2D eigenvalue weighted by Gasteiger charge is 2.23. The van der Waals surface area contributed by atoms with Gasteiger partial charge in [0, 0.05) is 31.8 Å². The summed E-state index contributed by atoms with van der Waals surface area (Å²) < 4.78 is 2.43. The van der Waals surface area contributed by atoms with Crippen molar-refractivity contribution in [2.45, 2.75) is 12.0 Å². The van der Waals surface area contributed by atoms with Crippen LogP contribution < -0.4 is 5.73 Å². The summed E-state index contributed by atoms with van der Waals surface area (Å²) in [6.45, 7) is 0.382. The standard InChI is InChI=1S/C15H14ClNOS2/c16-10-3-1-2-9(6-10)11(8-17)15(18)14-7-13-12(20-14)4-5-19-13/h1-7,11,15,18H,8,17H2. The van der Waals surface area contributed by atoms with Crippen LogP contribution in [-0.4, -0.2) is 11.7 Å². The van der Waals surface area contributed by atoms with Gasteiger partial charge in [-0.3, -0.25) is 0 Å². The van der Waals surface area contributed by atoms with Crippen LogP contribution in [-0.2, 0) is 0 Å². The Bertz CT molecular complexity index is 693. The zero-order chi connectivity index (χ0) is 14.1. The molecule has 0 spiro atoms. The molecule has 2 unspecified atom stereocenters. The number of hydrogen-bond acceptors (Lipinski definition) is 4. The maximum absolute atomic E-state index is 10.6. The summed E-state index contributed by atoms with van der Waals surface area (Å²) in [5, 5.41) is 13.4. The predicted octanol–water partition coefficient (Wildman–Crippen LogP) is 4.39. The van der Waals surface area contributed by atoms with Crippen molar-refractivity contribution >= 4 is 43.7 Å². The van der Waals surface area contributed by atoms with Gasteiger partial charge in [0.05, 0.1) is 6.10 Å². The van der Waals surface area contributed by atoms with E-state index in [9.17, 15) is 5.11 Å². The Labute approximate surface area is 130 Å². The lowest BCUT2D eigenvalue weighted by molar-refractivity contribution is 0.151. The molecule has 1 aromatic carbocycles. The van der Waals surface area contributed by atoms with E-state index in [1.165, 1.54) is 9.40 Å². The van der Waals surface area contributed by atoms with Gasteiger partial charge in [0.25, 0.3) is 0 Å². The highest BCUT2D eigenvalue weighted by Crippen LogP contribution is 2.39. The van der Waals surface area contributed by atoms with Gasteiger partial charge in [-0.2, -0.15) is 0 Å². The van der Waals surface area contributed by atoms with Crippen LogP contribution in [0.5, 0.6) is 0 Å². The molecular weight excluding hydrogens is 310 g/mol. The molecule has 2 atom stereocenters. The van der Waals surface area contributed by atoms with Gasteiger partial charge in [0.15, 0.2) is 0 Å². The van der Waals surface area contributed by atoms with Crippen LogP contribution in [0.3, 0.4) is 0 Å². The van der Waals surface area contributed by atoms with Gasteiger partial charge in [0.2, 0.25) is 0 Å². The Balaban J connectivity index is 1.94. The van der Waals surface area contributed by atoms with Crippen LogP contribution in [0.25, 0.3) is 9.40 Å². The maximum atomic E-state index is 10.6. The third-order valence-corrected chi connectivity index (χ3v) is 5.76. The van der Waals surface area contributed by atoms with Crippen LogP contribution in [0.2, 0.25) is 5.02 Å². The molecule has 0 bridgehead atoms. The molecule has 2 heterocycles. The second-order valence-corrected chi connectivity index (χ2v) is 7.14. The minimum absolute atomic E-state index is 0.138. The van der Waals surface area contributed by atoms with E-state index in [0.717, 1.165) is 10.4 Å². The summed E-state index contributed by atoms with van der Waals surface area (Å²) in [6, 6.07) is 11.7. The summed E-state index contributed by atoms with van der Waals surface area (Å²) in [7, 11) is 0. The highest BCUT2D eigenvalue weighted by molar-refractivity contribution is 7.26. The van der Waals surface area contributed by atoms with E-state index in [1.807, 2.05) is 24.3 Å². The zero-order valence-electron chi connectivity index (χ0n) is 10.6. The molecule has 0 fully saturated rings. The van der Waals surface area contributed by atoms with E-state index < -0.39 is 6.10 Å². The predicted molar refractivity (Wildman–Crippen MR) is 87.9 cm³/mol. The van der Waals surface area contributed by atoms with Crippen LogP contribution in [0.4, 0.5) is 0 Å². The molecule has 2 aromatic heterocycles. The van der Waals surface area contributed by atoms with Crippen LogP contribution in [0.1, 0.15) is 22.5 Å². The second-order valence-electron chi connectivity index (χ2n) is 4.64. The summed E-state index contributed by atoms with van der Waals surface area (Å²) in [6.07, 6.45) is -0.594. The number of halogens is 1. The molecule has 3 N–H and O–H groups in total. The van der Waals surface area contributed by atoms with Gasteiger partial charge in [0.1, 0.15) is 0 Å². The number of rotatable bonds is 4. The number of thiophene rings is 2. The molecule has 3 rings (SSSR count). The molecule has 20 heavy (non-hydrogen) atoms. The van der Waals surface area contributed by atoms with Crippen molar-refractivity contribution in [3.8, 4) is 0 Å². The van der Waals surface area contributed by atoms with Crippen molar-refractivity contribution in [2.75, 3.05) is 6.54 Å². The van der Waals surface area contributed by atoms with Gasteiger partial charge in [-0.1, -0.05) is 23.7 Å². The minimum atomic E-state index is -0.594. The van der Waals surface area contributed by atoms with Crippen molar-refractivity contribution in [3.05, 3.63) is 57.2 Å². The number of nitrogens with two attached hydrogens (primary N) is 1. The molecule has 0 amide bonds. The van der Waals surface area contributed by atoms with E-state index in [4.69, 9.17) is 17.3 Å². The lowest BCUT2D eigenvalue weighted by Gasteiger charge is -2.21. The molecule has 5 heteroatoms. The third kappa shape index (κ3) is 2.62. The Morgan fingerprint density at radius 2 is 2.05 bits per heavy atom. The van der Waals surface area contributed by atoms with E-state index in [-0.39, 0.29) is 5.92 Å². The molecule has 0 radical (unpaired) electrons. The first-order valence-corrected chi connectivity index (χ1v) is 8.37. The molecule has 0 aliphatic carbocycles. The van der Waals surface area contributed by atoms with Gasteiger partial charge in [-0.15, -0.1) is 22.7 Å². The van der Waals surface area contributed by atoms with E-state index >= 15 is 0 Å². The summed E-state index contributed by atoms with van der Waals surface area (Å²) in [5.74, 6) is -0.138. The normalized spacial score (nSPS) is 14.6. The monoisotopic (exact) mass is 323 g/mol. The van der Waals surface area contributed by atoms with Gasteiger partial charge in [-0.05, 0) is 35.2 Å².